The van der Waals surface area contributed by atoms with E-state index in [2.05, 4.69) is 0 Å². The summed E-state index contributed by atoms with van der Waals surface area (Å²) in [6, 6.07) is 19.2. The van der Waals surface area contributed by atoms with Gasteiger partial charge in [0.15, 0.2) is 6.10 Å². The van der Waals surface area contributed by atoms with E-state index in [0.29, 0.717) is 13.1 Å². The fourth-order valence-electron chi connectivity index (χ4n) is 2.37. The molecule has 124 valence electrons. The van der Waals surface area contributed by atoms with Crippen LogP contribution in [0.15, 0.2) is 60.7 Å². The van der Waals surface area contributed by atoms with Crippen LogP contribution in [0.5, 0.6) is 0 Å². The van der Waals surface area contributed by atoms with Gasteiger partial charge in [0.05, 0.1) is 0 Å². The molecule has 1 N–H and O–H groups in total. The van der Waals surface area contributed by atoms with Gasteiger partial charge in [-0.1, -0.05) is 60.7 Å². The van der Waals surface area contributed by atoms with E-state index >= 15 is 0 Å². The molecular weight excluding hydrogens is 303 g/mol. The van der Waals surface area contributed by atoms with Gasteiger partial charge < -0.3 is 5.11 Å². The second-order valence-corrected chi connectivity index (χ2v) is 5.53. The quantitative estimate of drug-likeness (QED) is 0.832. The topological polar surface area (TPSA) is 23.5 Å². The molecule has 0 aromatic heterocycles. The number of aliphatic hydroxyl groups excluding tert-OH is 1. The smallest absolute Gasteiger partial charge is 0.384 e. The van der Waals surface area contributed by atoms with Gasteiger partial charge in [-0.2, -0.15) is 13.2 Å². The Hall–Kier alpha value is -1.85. The van der Waals surface area contributed by atoms with Crippen LogP contribution in [-0.2, 0) is 13.1 Å². The third-order valence-electron chi connectivity index (χ3n) is 3.59. The number of nitrogens with zero attached hydrogens (tertiary/aromatic N) is 1. The Labute approximate surface area is 134 Å². The molecule has 0 fully saturated rings. The number of benzene rings is 2. The van der Waals surface area contributed by atoms with E-state index in [1.54, 1.807) is 0 Å². The Kier molecular flexibility index (Phi) is 6.19. The molecule has 0 radical (unpaired) electrons. The van der Waals surface area contributed by atoms with Crippen molar-refractivity contribution in [2.24, 2.45) is 0 Å². The van der Waals surface area contributed by atoms with E-state index in [0.717, 1.165) is 11.1 Å². The van der Waals surface area contributed by atoms with Crippen molar-refractivity contribution in [1.82, 2.24) is 4.90 Å². The maximum absolute atomic E-state index is 12.5. The second-order valence-electron chi connectivity index (χ2n) is 5.53. The van der Waals surface area contributed by atoms with Crippen molar-refractivity contribution in [3.8, 4) is 0 Å². The number of hydrogen-bond acceptors (Lipinski definition) is 2. The van der Waals surface area contributed by atoms with Crippen molar-refractivity contribution < 1.29 is 18.3 Å². The highest BCUT2D eigenvalue weighted by Crippen LogP contribution is 2.23. The molecule has 2 rings (SSSR count). The molecule has 0 saturated heterocycles. The van der Waals surface area contributed by atoms with Crippen molar-refractivity contribution in [3.63, 3.8) is 0 Å². The summed E-state index contributed by atoms with van der Waals surface area (Å²) in [7, 11) is 0. The zero-order chi connectivity index (χ0) is 16.7. The molecule has 1 atom stereocenters. The molecule has 5 heteroatoms. The Bertz CT molecular complexity index is 530. The van der Waals surface area contributed by atoms with Crippen LogP contribution < -0.4 is 0 Å². The van der Waals surface area contributed by atoms with Crippen molar-refractivity contribution >= 4 is 0 Å². The molecule has 2 nitrogen and oxygen atoms in total. The van der Waals surface area contributed by atoms with Crippen molar-refractivity contribution in [2.45, 2.75) is 31.8 Å². The van der Waals surface area contributed by atoms with E-state index in [4.69, 9.17) is 0 Å². The number of rotatable bonds is 7. The molecule has 0 heterocycles. The summed E-state index contributed by atoms with van der Waals surface area (Å²) >= 11 is 0. The average molecular weight is 323 g/mol. The first-order valence-electron chi connectivity index (χ1n) is 7.50. The summed E-state index contributed by atoms with van der Waals surface area (Å²) < 4.78 is 37.5. The van der Waals surface area contributed by atoms with Crippen molar-refractivity contribution in [2.75, 3.05) is 6.54 Å². The Morgan fingerprint density at radius 2 is 1.26 bits per heavy atom. The van der Waals surface area contributed by atoms with Crippen LogP contribution >= 0.6 is 0 Å². The highest BCUT2D eigenvalue weighted by atomic mass is 19.4. The molecule has 0 unspecified atom stereocenters. The van der Waals surface area contributed by atoms with Gasteiger partial charge in [-0.05, 0) is 17.5 Å². The minimum atomic E-state index is -4.56. The minimum absolute atomic E-state index is 0.171. The maximum Gasteiger partial charge on any atom is 0.414 e. The number of hydrogen-bond donors (Lipinski definition) is 1. The molecule has 23 heavy (non-hydrogen) atoms. The first-order valence-corrected chi connectivity index (χ1v) is 7.50. The van der Waals surface area contributed by atoms with Gasteiger partial charge in [0, 0.05) is 19.6 Å². The predicted octanol–water partition coefficient (Wildman–Crippen LogP) is 4.00. The number of halogens is 3. The Morgan fingerprint density at radius 3 is 1.65 bits per heavy atom. The number of aliphatic hydroxyl groups is 1. The molecule has 0 spiro atoms. The number of alkyl halides is 3. The highest BCUT2D eigenvalue weighted by Gasteiger charge is 2.37. The average Bonchev–Trinajstić information content (AvgIpc) is 2.53. The molecule has 0 aliphatic carbocycles. The van der Waals surface area contributed by atoms with Gasteiger partial charge in [-0.25, -0.2) is 0 Å². The van der Waals surface area contributed by atoms with Gasteiger partial charge in [0.25, 0.3) is 0 Å². The lowest BCUT2D eigenvalue weighted by Gasteiger charge is -2.24. The summed E-state index contributed by atoms with van der Waals surface area (Å²) in [5, 5.41) is 9.22. The normalized spacial score (nSPS) is 13.3. The van der Waals surface area contributed by atoms with E-state index in [-0.39, 0.29) is 13.0 Å². The van der Waals surface area contributed by atoms with Crippen molar-refractivity contribution in [3.05, 3.63) is 71.8 Å². The van der Waals surface area contributed by atoms with Crippen molar-refractivity contribution in [1.29, 1.82) is 0 Å². The van der Waals surface area contributed by atoms with Crippen LogP contribution in [0.2, 0.25) is 0 Å². The minimum Gasteiger partial charge on any atom is -0.384 e. The lowest BCUT2D eigenvalue weighted by atomic mass is 10.1. The van der Waals surface area contributed by atoms with Crippen LogP contribution in [-0.4, -0.2) is 28.8 Å². The third kappa shape index (κ3) is 6.04. The first kappa shape index (κ1) is 17.5. The fourth-order valence-corrected chi connectivity index (χ4v) is 2.37. The molecule has 0 saturated carbocycles. The van der Waals surface area contributed by atoms with Crippen LogP contribution in [0.25, 0.3) is 0 Å². The van der Waals surface area contributed by atoms with Gasteiger partial charge in [0.2, 0.25) is 0 Å². The van der Waals surface area contributed by atoms with Crippen LogP contribution in [0, 0.1) is 0 Å². The monoisotopic (exact) mass is 323 g/mol. The molecular formula is C18H20F3NO. The van der Waals surface area contributed by atoms with E-state index < -0.39 is 12.3 Å². The van der Waals surface area contributed by atoms with Gasteiger partial charge in [0.1, 0.15) is 0 Å². The molecule has 2 aromatic rings. The summed E-state index contributed by atoms with van der Waals surface area (Å²) in [5.41, 5.74) is 2.06. The zero-order valence-electron chi connectivity index (χ0n) is 12.7. The van der Waals surface area contributed by atoms with Crippen LogP contribution in [0.4, 0.5) is 13.2 Å². The Balaban J connectivity index is 2.02. The maximum atomic E-state index is 12.5. The van der Waals surface area contributed by atoms with Crippen LogP contribution in [0.3, 0.4) is 0 Å². The second kappa shape index (κ2) is 8.13. The largest absolute Gasteiger partial charge is 0.414 e. The van der Waals surface area contributed by atoms with Gasteiger partial charge in [-0.3, -0.25) is 4.90 Å². The predicted molar refractivity (Wildman–Crippen MR) is 83.7 cm³/mol. The standard InChI is InChI=1S/C18H20F3NO/c19-18(20,21)17(23)11-12-22(13-15-7-3-1-4-8-15)14-16-9-5-2-6-10-16/h1-10,17,23H,11-14H2/t17-/m1/s1. The summed E-state index contributed by atoms with van der Waals surface area (Å²) in [6.07, 6.45) is -7.18. The molecule has 0 bridgehead atoms. The van der Waals surface area contributed by atoms with Gasteiger partial charge in [-0.15, -0.1) is 0 Å². The molecule has 0 amide bonds. The molecule has 2 aromatic carbocycles. The highest BCUT2D eigenvalue weighted by molar-refractivity contribution is 5.17. The SMILES string of the molecule is O[C@H](CCN(Cc1ccccc1)Cc1ccccc1)C(F)(F)F. The zero-order valence-corrected chi connectivity index (χ0v) is 12.7. The summed E-state index contributed by atoms with van der Waals surface area (Å²) in [5.74, 6) is 0. The summed E-state index contributed by atoms with van der Waals surface area (Å²) in [6.45, 7) is 1.26. The lowest BCUT2D eigenvalue weighted by molar-refractivity contribution is -0.206. The molecule has 0 aliphatic rings. The fraction of sp³-hybridized carbons (Fsp3) is 0.333. The van der Waals surface area contributed by atoms with E-state index in [1.807, 2.05) is 65.6 Å². The molecule has 0 aliphatic heterocycles. The van der Waals surface area contributed by atoms with Gasteiger partial charge >= 0.3 is 6.18 Å². The lowest BCUT2D eigenvalue weighted by Crippen LogP contribution is -2.33. The van der Waals surface area contributed by atoms with E-state index in [9.17, 15) is 18.3 Å². The van der Waals surface area contributed by atoms with E-state index in [1.165, 1.54) is 0 Å². The first-order chi connectivity index (χ1) is 10.9. The van der Waals surface area contributed by atoms with Crippen LogP contribution in [0.1, 0.15) is 17.5 Å². The summed E-state index contributed by atoms with van der Waals surface area (Å²) in [4.78, 5) is 1.92. The third-order valence-corrected chi connectivity index (χ3v) is 3.59. The Morgan fingerprint density at radius 1 is 0.826 bits per heavy atom.